The lowest BCUT2D eigenvalue weighted by Crippen LogP contribution is -2.18. The number of aromatic amines is 1. The molecular formula is C8H7ClN4O. The minimum Gasteiger partial charge on any atom is -0.245 e. The van der Waals surface area contributed by atoms with E-state index in [9.17, 15) is 4.79 Å². The van der Waals surface area contributed by atoms with E-state index in [-0.39, 0.29) is 5.69 Å². The molecule has 0 bridgehead atoms. The van der Waals surface area contributed by atoms with Gasteiger partial charge in [0.15, 0.2) is 0 Å². The Morgan fingerprint density at radius 3 is 2.86 bits per heavy atom. The Morgan fingerprint density at radius 2 is 2.21 bits per heavy atom. The molecule has 0 saturated carbocycles. The highest BCUT2D eigenvalue weighted by Gasteiger charge is 2.03. The molecule has 2 rings (SSSR count). The maximum atomic E-state index is 11.1. The second kappa shape index (κ2) is 3.63. The van der Waals surface area contributed by atoms with Crippen molar-refractivity contribution < 1.29 is 0 Å². The molecule has 0 amide bonds. The molecule has 0 aliphatic carbocycles. The van der Waals surface area contributed by atoms with Gasteiger partial charge in [0, 0.05) is 5.02 Å². The molecule has 14 heavy (non-hydrogen) atoms. The molecule has 0 saturated heterocycles. The van der Waals surface area contributed by atoms with Gasteiger partial charge in [-0.05, 0) is 22.1 Å². The molecule has 0 aliphatic rings. The quantitative estimate of drug-likeness (QED) is 0.793. The Kier molecular flexibility index (Phi) is 2.32. The second-order valence-electron chi connectivity index (χ2n) is 2.76. The fraction of sp³-hybridized carbons (Fsp3) is 0.125. The van der Waals surface area contributed by atoms with Crippen molar-refractivity contribution in [3.63, 3.8) is 0 Å². The largest absolute Gasteiger partial charge is 0.361 e. The van der Waals surface area contributed by atoms with E-state index in [1.165, 1.54) is 4.68 Å². The third kappa shape index (κ3) is 1.67. The molecule has 0 spiro atoms. The van der Waals surface area contributed by atoms with Crippen LogP contribution in [0.15, 0.2) is 29.1 Å². The number of nitrogens with one attached hydrogen (secondary N) is 1. The second-order valence-corrected chi connectivity index (χ2v) is 3.16. The Labute approximate surface area is 84.3 Å². The van der Waals surface area contributed by atoms with Gasteiger partial charge in [-0.2, -0.15) is 4.68 Å². The summed E-state index contributed by atoms with van der Waals surface area (Å²) in [5, 5.41) is 9.80. The first kappa shape index (κ1) is 8.96. The lowest BCUT2D eigenvalue weighted by molar-refractivity contribution is 0.632. The van der Waals surface area contributed by atoms with Crippen LogP contribution in [0.3, 0.4) is 0 Å². The third-order valence-electron chi connectivity index (χ3n) is 1.81. The van der Waals surface area contributed by atoms with Gasteiger partial charge in [0.25, 0.3) is 0 Å². The van der Waals surface area contributed by atoms with Gasteiger partial charge in [-0.15, -0.1) is 0 Å². The fourth-order valence-electron chi connectivity index (χ4n) is 1.11. The van der Waals surface area contributed by atoms with Crippen LogP contribution in [0.4, 0.5) is 0 Å². The molecule has 1 aromatic heterocycles. The predicted molar refractivity (Wildman–Crippen MR) is 51.2 cm³/mol. The predicted octanol–water partition coefficient (Wildman–Crippen LogP) is 0.668. The van der Waals surface area contributed by atoms with Crippen molar-refractivity contribution in [2.45, 2.75) is 6.54 Å². The maximum absolute atomic E-state index is 11.1. The molecule has 0 unspecified atom stereocenters. The van der Waals surface area contributed by atoms with E-state index < -0.39 is 0 Å². The highest BCUT2D eigenvalue weighted by molar-refractivity contribution is 6.31. The van der Waals surface area contributed by atoms with Crippen molar-refractivity contribution >= 4 is 11.6 Å². The molecule has 1 N–H and O–H groups in total. The molecule has 0 radical (unpaired) electrons. The lowest BCUT2D eigenvalue weighted by atomic mass is 10.2. The zero-order valence-electron chi connectivity index (χ0n) is 7.14. The summed E-state index contributed by atoms with van der Waals surface area (Å²) in [5.74, 6) is 0. The molecule has 0 atom stereocenters. The van der Waals surface area contributed by atoms with Crippen molar-refractivity contribution in [1.29, 1.82) is 0 Å². The minimum atomic E-state index is -0.343. The lowest BCUT2D eigenvalue weighted by Gasteiger charge is -2.01. The van der Waals surface area contributed by atoms with Gasteiger partial charge in [-0.1, -0.05) is 29.8 Å². The highest BCUT2D eigenvalue weighted by Crippen LogP contribution is 2.14. The van der Waals surface area contributed by atoms with E-state index in [4.69, 9.17) is 11.6 Å². The van der Waals surface area contributed by atoms with Crippen LogP contribution < -0.4 is 5.69 Å². The number of rotatable bonds is 2. The average molecular weight is 211 g/mol. The van der Waals surface area contributed by atoms with Crippen LogP contribution in [-0.2, 0) is 6.54 Å². The first-order valence-corrected chi connectivity index (χ1v) is 4.37. The van der Waals surface area contributed by atoms with Gasteiger partial charge >= 0.3 is 5.69 Å². The summed E-state index contributed by atoms with van der Waals surface area (Å²) in [4.78, 5) is 11.1. The number of hydrogen-bond acceptors (Lipinski definition) is 3. The SMILES string of the molecule is O=c1[nH]nnn1Cc1ccccc1Cl. The Balaban J connectivity index is 2.32. The topological polar surface area (TPSA) is 63.6 Å². The van der Waals surface area contributed by atoms with Crippen LogP contribution in [0, 0.1) is 0 Å². The molecule has 0 fully saturated rings. The number of hydrogen-bond donors (Lipinski definition) is 1. The van der Waals surface area contributed by atoms with E-state index in [0.29, 0.717) is 11.6 Å². The zero-order chi connectivity index (χ0) is 9.97. The standard InChI is InChI=1S/C8H7ClN4O/c9-7-4-2-1-3-6(7)5-13-8(14)10-11-12-13/h1-4H,5H2,(H,10,12,14). The number of benzene rings is 1. The zero-order valence-corrected chi connectivity index (χ0v) is 7.90. The summed E-state index contributed by atoms with van der Waals surface area (Å²) >= 11 is 5.92. The monoisotopic (exact) mass is 210 g/mol. The molecule has 1 aromatic carbocycles. The summed E-state index contributed by atoms with van der Waals surface area (Å²) in [5.41, 5.74) is 0.495. The Hall–Kier alpha value is -1.62. The number of nitrogens with zero attached hydrogens (tertiary/aromatic N) is 3. The Bertz CT molecular complexity index is 490. The van der Waals surface area contributed by atoms with Crippen LogP contribution in [0.5, 0.6) is 0 Å². The van der Waals surface area contributed by atoms with Crippen molar-refractivity contribution in [3.05, 3.63) is 45.3 Å². The first-order valence-electron chi connectivity index (χ1n) is 3.99. The van der Waals surface area contributed by atoms with Gasteiger partial charge in [0.2, 0.25) is 0 Å². The van der Waals surface area contributed by atoms with Gasteiger partial charge in [-0.3, -0.25) is 0 Å². The minimum absolute atomic E-state index is 0.328. The molecule has 72 valence electrons. The fourth-order valence-corrected chi connectivity index (χ4v) is 1.30. The van der Waals surface area contributed by atoms with Crippen molar-refractivity contribution in [3.8, 4) is 0 Å². The van der Waals surface area contributed by atoms with Crippen molar-refractivity contribution in [2.24, 2.45) is 0 Å². The van der Waals surface area contributed by atoms with Gasteiger partial charge in [-0.25, -0.2) is 9.89 Å². The number of H-pyrrole nitrogens is 1. The molecule has 0 aliphatic heterocycles. The summed E-state index contributed by atoms with van der Waals surface area (Å²) in [7, 11) is 0. The van der Waals surface area contributed by atoms with Crippen molar-refractivity contribution in [2.75, 3.05) is 0 Å². The van der Waals surface area contributed by atoms with E-state index in [1.54, 1.807) is 6.07 Å². The summed E-state index contributed by atoms with van der Waals surface area (Å²) in [6, 6.07) is 7.29. The van der Waals surface area contributed by atoms with E-state index in [2.05, 4.69) is 15.5 Å². The first-order chi connectivity index (χ1) is 6.77. The molecule has 6 heteroatoms. The van der Waals surface area contributed by atoms with Crippen molar-refractivity contribution in [1.82, 2.24) is 20.2 Å². The van der Waals surface area contributed by atoms with Crippen LogP contribution in [-0.4, -0.2) is 20.2 Å². The molecule has 2 aromatic rings. The molecule has 5 nitrogen and oxygen atoms in total. The van der Waals surface area contributed by atoms with Crippen LogP contribution in [0.2, 0.25) is 5.02 Å². The van der Waals surface area contributed by atoms with E-state index >= 15 is 0 Å². The van der Waals surface area contributed by atoms with Gasteiger partial charge in [0.1, 0.15) is 0 Å². The number of halogens is 1. The number of aromatic nitrogens is 4. The highest BCUT2D eigenvalue weighted by atomic mass is 35.5. The smallest absolute Gasteiger partial charge is 0.245 e. The van der Waals surface area contributed by atoms with E-state index in [1.807, 2.05) is 18.2 Å². The summed E-state index contributed by atoms with van der Waals surface area (Å²) in [6.07, 6.45) is 0. The molecular weight excluding hydrogens is 204 g/mol. The average Bonchev–Trinajstić information content (AvgIpc) is 2.56. The summed E-state index contributed by atoms with van der Waals surface area (Å²) < 4.78 is 1.21. The van der Waals surface area contributed by atoms with E-state index in [0.717, 1.165) is 5.56 Å². The molecule has 1 heterocycles. The van der Waals surface area contributed by atoms with Gasteiger partial charge < -0.3 is 0 Å². The summed E-state index contributed by atoms with van der Waals surface area (Å²) in [6.45, 7) is 0.328. The normalized spacial score (nSPS) is 10.4. The van der Waals surface area contributed by atoms with Crippen LogP contribution in [0.1, 0.15) is 5.56 Å². The van der Waals surface area contributed by atoms with Gasteiger partial charge in [0.05, 0.1) is 6.54 Å². The maximum Gasteiger partial charge on any atom is 0.361 e. The third-order valence-corrected chi connectivity index (χ3v) is 2.18. The Morgan fingerprint density at radius 1 is 1.43 bits per heavy atom. The number of tetrazole rings is 1. The van der Waals surface area contributed by atoms with Crippen LogP contribution >= 0.6 is 11.6 Å². The van der Waals surface area contributed by atoms with Crippen LogP contribution in [0.25, 0.3) is 0 Å².